The first kappa shape index (κ1) is 11.0. The molecule has 0 spiro atoms. The lowest BCUT2D eigenvalue weighted by molar-refractivity contribution is 1.11. The Balaban J connectivity index is 0.000000337. The summed E-state index contributed by atoms with van der Waals surface area (Å²) in [6.45, 7) is 0. The molecule has 0 aliphatic heterocycles. The summed E-state index contributed by atoms with van der Waals surface area (Å²) in [6, 6.07) is 10.3. The average Bonchev–Trinajstić information content (AvgIpc) is 2.73. The minimum Gasteiger partial charge on any atom is -0.390 e. The second-order valence-electron chi connectivity index (χ2n) is 2.91. The van der Waals surface area contributed by atoms with Crippen LogP contribution >= 0.6 is 0 Å². The van der Waals surface area contributed by atoms with E-state index in [9.17, 15) is 0 Å². The molecule has 0 amide bonds. The van der Waals surface area contributed by atoms with Crippen molar-refractivity contribution in [2.45, 2.75) is 6.42 Å². The number of aromatic nitrogens is 2. The van der Waals surface area contributed by atoms with E-state index in [-0.39, 0.29) is 0 Å². The third-order valence-corrected chi connectivity index (χ3v) is 1.79. The van der Waals surface area contributed by atoms with Crippen LogP contribution in [0.25, 0.3) is 0 Å². The van der Waals surface area contributed by atoms with Gasteiger partial charge in [-0.3, -0.25) is 5.41 Å². The number of hydrogen-bond donors (Lipinski definition) is 3. The Labute approximate surface area is 88.7 Å². The zero-order chi connectivity index (χ0) is 10.9. The Bertz CT molecular complexity index is 367. The molecule has 1 heterocycles. The van der Waals surface area contributed by atoms with Crippen molar-refractivity contribution in [2.75, 3.05) is 0 Å². The number of nitrogens with two attached hydrogens (primary N) is 1. The largest absolute Gasteiger partial charge is 0.390 e. The summed E-state index contributed by atoms with van der Waals surface area (Å²) in [5.41, 5.74) is 6.85. The Morgan fingerprint density at radius 2 is 2.00 bits per heavy atom. The van der Waals surface area contributed by atoms with Gasteiger partial charge < -0.3 is 10.7 Å². The van der Waals surface area contributed by atoms with Crippen LogP contribution in [0.4, 0.5) is 0 Å². The fraction of sp³-hybridized carbons (Fsp3) is 0.0909. The van der Waals surface area contributed by atoms with Crippen LogP contribution in [0.2, 0.25) is 0 Å². The van der Waals surface area contributed by atoms with E-state index in [0.717, 1.165) is 18.5 Å². The summed E-state index contributed by atoms with van der Waals surface area (Å²) >= 11 is 0. The monoisotopic (exact) mass is 202 g/mol. The van der Waals surface area contributed by atoms with E-state index < -0.39 is 0 Å². The molecule has 0 aliphatic carbocycles. The lowest BCUT2D eigenvalue weighted by Crippen LogP contribution is -1.86. The second kappa shape index (κ2) is 6.37. The summed E-state index contributed by atoms with van der Waals surface area (Å²) in [5.74, 6) is 0. The molecule has 4 heteroatoms. The first-order valence-corrected chi connectivity index (χ1v) is 4.58. The van der Waals surface area contributed by atoms with Gasteiger partial charge in [0.25, 0.3) is 0 Å². The number of nitrogens with zero attached hydrogens (tertiary/aromatic N) is 1. The molecule has 4 nitrogen and oxygen atoms in total. The van der Waals surface area contributed by atoms with Crippen LogP contribution in [0.3, 0.4) is 0 Å². The van der Waals surface area contributed by atoms with Crippen LogP contribution in [0.5, 0.6) is 0 Å². The van der Waals surface area contributed by atoms with Gasteiger partial charge in [0.15, 0.2) is 0 Å². The first-order chi connectivity index (χ1) is 7.36. The van der Waals surface area contributed by atoms with Crippen LogP contribution in [0.1, 0.15) is 11.3 Å². The number of benzene rings is 1. The van der Waals surface area contributed by atoms with Gasteiger partial charge in [0.1, 0.15) is 0 Å². The van der Waals surface area contributed by atoms with Gasteiger partial charge in [-0.15, -0.1) is 0 Å². The molecule has 15 heavy (non-hydrogen) atoms. The van der Waals surface area contributed by atoms with E-state index in [1.54, 1.807) is 6.33 Å². The van der Waals surface area contributed by atoms with E-state index in [4.69, 9.17) is 5.41 Å². The summed E-state index contributed by atoms with van der Waals surface area (Å²) in [5, 5.41) is 5.86. The van der Waals surface area contributed by atoms with Gasteiger partial charge >= 0.3 is 0 Å². The molecule has 4 N–H and O–H groups in total. The number of rotatable bonds is 2. The predicted molar refractivity (Wildman–Crippen MR) is 60.8 cm³/mol. The average molecular weight is 202 g/mol. The predicted octanol–water partition coefficient (Wildman–Crippen LogP) is 1.55. The molecule has 0 fully saturated rings. The van der Waals surface area contributed by atoms with Gasteiger partial charge in [-0.25, -0.2) is 4.98 Å². The number of aromatic amines is 1. The third kappa shape index (κ3) is 4.08. The molecule has 0 bridgehead atoms. The van der Waals surface area contributed by atoms with Crippen LogP contribution in [0.15, 0.2) is 42.9 Å². The Morgan fingerprint density at radius 1 is 1.33 bits per heavy atom. The van der Waals surface area contributed by atoms with Gasteiger partial charge in [0.2, 0.25) is 0 Å². The number of hydrogen-bond acceptors (Lipinski definition) is 2. The first-order valence-electron chi connectivity index (χ1n) is 4.58. The quantitative estimate of drug-likeness (QED) is 0.510. The number of nitrogens with one attached hydrogen (secondary N) is 2. The van der Waals surface area contributed by atoms with E-state index in [0.29, 0.717) is 0 Å². The molecule has 0 saturated heterocycles. The molecule has 0 aliphatic rings. The Morgan fingerprint density at radius 3 is 2.53 bits per heavy atom. The molecule has 2 aromatic rings. The normalized spacial score (nSPS) is 8.80. The maximum atomic E-state index is 5.86. The highest BCUT2D eigenvalue weighted by atomic mass is 14.9. The van der Waals surface area contributed by atoms with Crippen molar-refractivity contribution in [2.24, 2.45) is 5.73 Å². The highest BCUT2D eigenvalue weighted by Crippen LogP contribution is 2.04. The van der Waals surface area contributed by atoms with Crippen molar-refractivity contribution in [1.29, 1.82) is 5.41 Å². The lowest BCUT2D eigenvalue weighted by atomic mass is 10.1. The summed E-state index contributed by atoms with van der Waals surface area (Å²) in [4.78, 5) is 7.04. The molecule has 1 aromatic carbocycles. The maximum absolute atomic E-state index is 5.86. The van der Waals surface area contributed by atoms with Crippen LogP contribution in [-0.2, 0) is 6.42 Å². The molecule has 0 atom stereocenters. The van der Waals surface area contributed by atoms with Gasteiger partial charge in [0, 0.05) is 18.3 Å². The van der Waals surface area contributed by atoms with Crippen LogP contribution in [-0.4, -0.2) is 16.3 Å². The SMILES string of the molecule is N=CN.c1ccc(Cc2cnc[nH]2)cc1. The second-order valence-corrected chi connectivity index (χ2v) is 2.91. The molecule has 0 saturated carbocycles. The molecule has 78 valence electrons. The highest BCUT2D eigenvalue weighted by Gasteiger charge is 1.94. The highest BCUT2D eigenvalue weighted by molar-refractivity contribution is 5.46. The molecular weight excluding hydrogens is 188 g/mol. The van der Waals surface area contributed by atoms with Crippen molar-refractivity contribution in [3.05, 3.63) is 54.1 Å². The van der Waals surface area contributed by atoms with Crippen molar-refractivity contribution < 1.29 is 0 Å². The van der Waals surface area contributed by atoms with Gasteiger partial charge in [-0.2, -0.15) is 0 Å². The van der Waals surface area contributed by atoms with Crippen molar-refractivity contribution >= 4 is 6.34 Å². The third-order valence-electron chi connectivity index (χ3n) is 1.79. The zero-order valence-electron chi connectivity index (χ0n) is 8.35. The van der Waals surface area contributed by atoms with Crippen molar-refractivity contribution in [3.63, 3.8) is 0 Å². The summed E-state index contributed by atoms with van der Waals surface area (Å²) < 4.78 is 0. The topological polar surface area (TPSA) is 78.6 Å². The van der Waals surface area contributed by atoms with E-state index >= 15 is 0 Å². The molecule has 0 unspecified atom stereocenters. The van der Waals surface area contributed by atoms with Gasteiger partial charge in [-0.05, 0) is 5.56 Å². The maximum Gasteiger partial charge on any atom is 0.0921 e. The number of imidazole rings is 1. The van der Waals surface area contributed by atoms with Gasteiger partial charge in [-0.1, -0.05) is 30.3 Å². The smallest absolute Gasteiger partial charge is 0.0921 e. The van der Waals surface area contributed by atoms with E-state index in [2.05, 4.69) is 27.8 Å². The van der Waals surface area contributed by atoms with Gasteiger partial charge in [0.05, 0.1) is 12.7 Å². The fourth-order valence-electron chi connectivity index (χ4n) is 1.20. The summed E-state index contributed by atoms with van der Waals surface area (Å²) in [7, 11) is 0. The summed E-state index contributed by atoms with van der Waals surface area (Å²) in [6.07, 6.45) is 5.24. The fourth-order valence-corrected chi connectivity index (χ4v) is 1.20. The van der Waals surface area contributed by atoms with Crippen molar-refractivity contribution in [1.82, 2.24) is 9.97 Å². The molecular formula is C11H14N4. The van der Waals surface area contributed by atoms with Crippen molar-refractivity contribution in [3.8, 4) is 0 Å². The number of H-pyrrole nitrogens is 1. The molecule has 1 aromatic heterocycles. The Kier molecular flexibility index (Phi) is 4.66. The minimum atomic E-state index is 0.750. The standard InChI is InChI=1S/C10H10N2.CH4N2/c1-2-4-9(5-3-1)6-10-7-11-8-12-10;2-1-3/h1-5,7-8H,6H2,(H,11,12);1H,(H3,2,3). The van der Waals surface area contributed by atoms with E-state index in [1.165, 1.54) is 5.56 Å². The van der Waals surface area contributed by atoms with E-state index in [1.807, 2.05) is 24.4 Å². The lowest BCUT2D eigenvalue weighted by Gasteiger charge is -1.96. The molecule has 2 rings (SSSR count). The minimum absolute atomic E-state index is 0.750. The van der Waals surface area contributed by atoms with Crippen LogP contribution < -0.4 is 5.73 Å². The zero-order valence-corrected chi connectivity index (χ0v) is 8.35. The van der Waals surface area contributed by atoms with Crippen LogP contribution in [0, 0.1) is 5.41 Å². The Hall–Kier alpha value is -2.10. The molecule has 0 radical (unpaired) electrons.